The molecule has 0 aromatic heterocycles. The summed E-state index contributed by atoms with van der Waals surface area (Å²) in [5, 5.41) is 6.35. The average molecular weight is 468 g/mol. The first-order valence-corrected chi connectivity index (χ1v) is 11.8. The Morgan fingerprint density at radius 1 is 1.12 bits per heavy atom. The molecule has 33 heavy (non-hydrogen) atoms. The lowest BCUT2D eigenvalue weighted by Crippen LogP contribution is -2.87. The average Bonchev–Trinajstić information content (AvgIpc) is 3.45. The minimum absolute atomic E-state index is 0.159. The van der Waals surface area contributed by atoms with Crippen LogP contribution in [0, 0.1) is 0 Å². The highest BCUT2D eigenvalue weighted by Gasteiger charge is 2.39. The van der Waals surface area contributed by atoms with Crippen molar-refractivity contribution in [3.8, 4) is 0 Å². The predicted octanol–water partition coefficient (Wildman–Crippen LogP) is 1.52. The molecule has 2 aliphatic rings. The van der Waals surface area contributed by atoms with Crippen molar-refractivity contribution in [3.63, 3.8) is 0 Å². The van der Waals surface area contributed by atoms with Crippen LogP contribution in [0.5, 0.6) is 0 Å². The molecule has 2 aromatic rings. The number of nitrogens with one attached hydrogen (secondary N) is 3. The van der Waals surface area contributed by atoms with Crippen molar-refractivity contribution in [1.29, 1.82) is 0 Å². The molecule has 2 heterocycles. The molecule has 0 spiro atoms. The van der Waals surface area contributed by atoms with E-state index in [2.05, 4.69) is 40.4 Å². The highest BCUT2D eigenvalue weighted by molar-refractivity contribution is 8.15. The van der Waals surface area contributed by atoms with E-state index in [0.29, 0.717) is 24.4 Å². The highest BCUT2D eigenvalue weighted by Crippen LogP contribution is 2.30. The molecular formula is C23H27N6O3S+. The molecule has 1 fully saturated rings. The van der Waals surface area contributed by atoms with Crippen molar-refractivity contribution in [3.05, 3.63) is 65.2 Å². The van der Waals surface area contributed by atoms with Gasteiger partial charge in [-0.25, -0.2) is 0 Å². The number of nitrogens with two attached hydrogens (primary N) is 1. The van der Waals surface area contributed by atoms with Crippen molar-refractivity contribution in [2.24, 2.45) is 5.10 Å². The number of hydrogen-bond acceptors (Lipinski definition) is 7. The summed E-state index contributed by atoms with van der Waals surface area (Å²) in [7, 11) is 0. The van der Waals surface area contributed by atoms with Crippen LogP contribution in [0.25, 0.3) is 0 Å². The zero-order valence-corrected chi connectivity index (χ0v) is 19.2. The summed E-state index contributed by atoms with van der Waals surface area (Å²) in [5.74, 6) is 0.381. The number of rotatable bonds is 9. The van der Waals surface area contributed by atoms with E-state index in [1.165, 1.54) is 10.5 Å². The Morgan fingerprint density at radius 2 is 1.85 bits per heavy atom. The maximum absolute atomic E-state index is 12.7. The molecule has 3 amide bonds. The lowest BCUT2D eigenvalue weighted by atomic mass is 10.1. The minimum Gasteiger partial charge on any atom is -0.326 e. The van der Waals surface area contributed by atoms with Crippen LogP contribution in [0.15, 0.2) is 53.6 Å². The fourth-order valence-electron chi connectivity index (χ4n) is 3.66. The van der Waals surface area contributed by atoms with Gasteiger partial charge in [0.2, 0.25) is 17.6 Å². The second-order valence-electron chi connectivity index (χ2n) is 7.84. The molecule has 1 unspecified atom stereocenters. The monoisotopic (exact) mass is 467 g/mol. The molecule has 0 radical (unpaired) electrons. The topological polar surface area (TPSA) is 120 Å². The van der Waals surface area contributed by atoms with Gasteiger partial charge < -0.3 is 5.32 Å². The molecule has 0 saturated carbocycles. The van der Waals surface area contributed by atoms with Crippen LogP contribution in [-0.4, -0.2) is 39.6 Å². The Morgan fingerprint density at radius 3 is 2.52 bits per heavy atom. The third kappa shape index (κ3) is 5.78. The Hall–Kier alpha value is -3.21. The van der Waals surface area contributed by atoms with Crippen LogP contribution in [0.2, 0.25) is 0 Å². The van der Waals surface area contributed by atoms with Gasteiger partial charge in [-0.1, -0.05) is 48.5 Å². The summed E-state index contributed by atoms with van der Waals surface area (Å²) in [5.41, 5.74) is 11.1. The quantitative estimate of drug-likeness (QED) is 0.415. The lowest BCUT2D eigenvalue weighted by Gasteiger charge is -2.14. The molecule has 172 valence electrons. The van der Waals surface area contributed by atoms with E-state index in [9.17, 15) is 14.4 Å². The van der Waals surface area contributed by atoms with Crippen LogP contribution in [-0.2, 0) is 22.4 Å². The summed E-state index contributed by atoms with van der Waals surface area (Å²) in [6, 6.07) is 15.5. The van der Waals surface area contributed by atoms with E-state index in [0.717, 1.165) is 29.3 Å². The van der Waals surface area contributed by atoms with E-state index in [4.69, 9.17) is 0 Å². The summed E-state index contributed by atoms with van der Waals surface area (Å²) in [6.07, 6.45) is 2.14. The summed E-state index contributed by atoms with van der Waals surface area (Å²) in [6.45, 7) is 2.34. The van der Waals surface area contributed by atoms with Gasteiger partial charge in [-0.15, -0.1) is 5.53 Å². The number of imide groups is 1. The molecule has 1 saturated heterocycles. The van der Waals surface area contributed by atoms with Gasteiger partial charge in [0.15, 0.2) is 0 Å². The standard InChI is InChI=1S/C23H26N6O3S/c1-2-15-5-7-16(8-6-15)14-19-22(31)29(23(32)33-19)13-3-4-20(30)24-18-11-9-17(10-12-18)21-25-27-28-26-21/h5-12,19,27-28H,2-4,13-14H2,1H3,(H,24,30)(H,25,26)/p+1. The van der Waals surface area contributed by atoms with Gasteiger partial charge in [0.05, 0.1) is 5.25 Å². The van der Waals surface area contributed by atoms with Crippen molar-refractivity contribution in [1.82, 2.24) is 15.9 Å². The first kappa shape index (κ1) is 23.0. The van der Waals surface area contributed by atoms with Crippen LogP contribution < -0.4 is 21.8 Å². The van der Waals surface area contributed by atoms with Gasteiger partial charge in [0.1, 0.15) is 0 Å². The van der Waals surface area contributed by atoms with Gasteiger partial charge in [-0.05, 0) is 59.8 Å². The van der Waals surface area contributed by atoms with Gasteiger partial charge in [0, 0.05) is 24.2 Å². The summed E-state index contributed by atoms with van der Waals surface area (Å²) < 4.78 is 0. The molecule has 4 rings (SSSR count). The van der Waals surface area contributed by atoms with Gasteiger partial charge in [-0.3, -0.25) is 24.7 Å². The molecule has 10 heteroatoms. The number of amidine groups is 1. The first-order chi connectivity index (χ1) is 16.0. The predicted molar refractivity (Wildman–Crippen MR) is 127 cm³/mol. The smallest absolute Gasteiger partial charge is 0.289 e. The molecule has 2 aliphatic heterocycles. The van der Waals surface area contributed by atoms with E-state index in [-0.39, 0.29) is 30.0 Å². The number of carbonyl (C=O) groups is 3. The Labute approximate surface area is 196 Å². The van der Waals surface area contributed by atoms with Crippen LogP contribution in [0.4, 0.5) is 10.5 Å². The number of benzene rings is 2. The zero-order valence-electron chi connectivity index (χ0n) is 18.3. The number of thioether (sulfide) groups is 1. The summed E-state index contributed by atoms with van der Waals surface area (Å²) in [4.78, 5) is 38.6. The van der Waals surface area contributed by atoms with Crippen LogP contribution in [0.1, 0.15) is 36.5 Å². The Balaban J connectivity index is 1.22. The molecule has 5 N–H and O–H groups in total. The highest BCUT2D eigenvalue weighted by atomic mass is 32.2. The molecule has 2 aromatic carbocycles. The third-order valence-electron chi connectivity index (χ3n) is 5.53. The fraction of sp³-hybridized carbons (Fsp3) is 0.304. The first-order valence-electron chi connectivity index (χ1n) is 10.9. The lowest BCUT2D eigenvalue weighted by molar-refractivity contribution is -0.713. The van der Waals surface area contributed by atoms with E-state index in [1.54, 1.807) is 17.7 Å². The van der Waals surface area contributed by atoms with Crippen molar-refractivity contribution in [2.45, 2.75) is 37.9 Å². The molecular weight excluding hydrogens is 440 g/mol. The zero-order chi connectivity index (χ0) is 23.2. The van der Waals surface area contributed by atoms with Crippen LogP contribution in [0.3, 0.4) is 0 Å². The van der Waals surface area contributed by atoms with E-state index >= 15 is 0 Å². The van der Waals surface area contributed by atoms with Crippen molar-refractivity contribution < 1.29 is 19.9 Å². The van der Waals surface area contributed by atoms with E-state index in [1.807, 2.05) is 24.3 Å². The number of carbonyl (C=O) groups excluding carboxylic acids is 3. The van der Waals surface area contributed by atoms with Gasteiger partial charge >= 0.3 is 0 Å². The van der Waals surface area contributed by atoms with Gasteiger partial charge in [-0.2, -0.15) is 0 Å². The number of hydrazine groups is 1. The summed E-state index contributed by atoms with van der Waals surface area (Å²) >= 11 is 1.08. The number of anilines is 1. The maximum atomic E-state index is 12.7. The normalized spacial score (nSPS) is 17.8. The Bertz CT molecular complexity index is 1050. The molecule has 9 nitrogen and oxygen atoms in total. The largest absolute Gasteiger partial charge is 0.326 e. The number of nitrogens with zero attached hydrogens (tertiary/aromatic N) is 2. The second-order valence-corrected chi connectivity index (χ2v) is 9.00. The molecule has 1 atom stereocenters. The maximum Gasteiger partial charge on any atom is 0.289 e. The molecule has 0 aliphatic carbocycles. The van der Waals surface area contributed by atoms with Crippen molar-refractivity contribution >= 4 is 40.3 Å². The number of hydrogen-bond donors (Lipinski definition) is 4. The fourth-order valence-corrected chi connectivity index (χ4v) is 4.72. The minimum atomic E-state index is -0.399. The second kappa shape index (κ2) is 10.6. The van der Waals surface area contributed by atoms with Gasteiger partial charge in [0.25, 0.3) is 5.24 Å². The Kier molecular flexibility index (Phi) is 7.38. The number of quaternary nitrogens is 1. The number of aryl methyl sites for hydroxylation is 1. The van der Waals surface area contributed by atoms with E-state index < -0.39 is 5.25 Å². The number of amides is 3. The third-order valence-corrected chi connectivity index (χ3v) is 6.61. The van der Waals surface area contributed by atoms with Crippen molar-refractivity contribution in [2.75, 3.05) is 11.9 Å². The SMILES string of the molecule is CCc1ccc(CC2SC(=O)N(CCCC(=O)Nc3ccc(C4=N[NH2+]NN4)cc3)C2=O)cc1. The molecule has 0 bridgehead atoms. The van der Waals surface area contributed by atoms with Crippen LogP contribution >= 0.6 is 11.8 Å².